The molecule has 1 fully saturated rings. The minimum Gasteiger partial charge on any atom is -0.479 e. The Morgan fingerprint density at radius 1 is 1.50 bits per heavy atom. The van der Waals surface area contributed by atoms with E-state index in [9.17, 15) is 19.5 Å². The molecule has 0 spiro atoms. The highest BCUT2D eigenvalue weighted by Crippen LogP contribution is 2.46. The second-order valence-corrected chi connectivity index (χ2v) is 7.29. The fraction of sp³-hybridized carbons (Fsp3) is 0.467. The molecular formula is C15H20BN5O6S. The average Bonchev–Trinajstić information content (AvgIpc) is 3.19. The maximum Gasteiger partial charge on any atom is 0.373 e. The molecule has 150 valence electrons. The molecule has 1 saturated heterocycles. The molecule has 0 saturated carbocycles. The summed E-state index contributed by atoms with van der Waals surface area (Å²) in [6.45, 7) is 5.96. The smallest absolute Gasteiger partial charge is 0.373 e. The maximum atomic E-state index is 12.5. The number of carboxylic acids is 1. The minimum absolute atomic E-state index is 0.0889. The van der Waals surface area contributed by atoms with Crippen molar-refractivity contribution in [2.24, 2.45) is 0 Å². The summed E-state index contributed by atoms with van der Waals surface area (Å²) in [6, 6.07) is -2.36. The molecule has 1 aromatic heterocycles. The van der Waals surface area contributed by atoms with Crippen LogP contribution in [0, 0.1) is 0 Å². The van der Waals surface area contributed by atoms with Gasteiger partial charge in [-0.25, -0.2) is 14.6 Å². The molecule has 4 N–H and O–H groups in total. The second kappa shape index (κ2) is 8.26. The molecule has 11 nitrogen and oxygen atoms in total. The van der Waals surface area contributed by atoms with Gasteiger partial charge in [-0.2, -0.15) is 5.06 Å². The van der Waals surface area contributed by atoms with Crippen molar-refractivity contribution in [3.05, 3.63) is 28.2 Å². The van der Waals surface area contributed by atoms with Crippen LogP contribution in [0.2, 0.25) is 6.82 Å². The van der Waals surface area contributed by atoms with E-state index >= 15 is 0 Å². The van der Waals surface area contributed by atoms with Gasteiger partial charge < -0.3 is 25.6 Å². The molecule has 1 aromatic rings. The Balaban J connectivity index is 1.82. The number of hydroxylamine groups is 2. The lowest BCUT2D eigenvalue weighted by Gasteiger charge is -2.26. The van der Waals surface area contributed by atoms with E-state index in [1.807, 2.05) is 0 Å². The second-order valence-electron chi connectivity index (χ2n) is 6.26. The summed E-state index contributed by atoms with van der Waals surface area (Å²) in [5.74, 6) is -1.68. The van der Waals surface area contributed by atoms with Crippen LogP contribution in [0.4, 0.5) is 4.79 Å². The van der Waals surface area contributed by atoms with Gasteiger partial charge in [0.25, 0.3) is 5.91 Å². The molecule has 0 radical (unpaired) electrons. The van der Waals surface area contributed by atoms with Crippen LogP contribution in [0.25, 0.3) is 0 Å². The molecule has 2 aliphatic rings. The Kier molecular flexibility index (Phi) is 5.98. The summed E-state index contributed by atoms with van der Waals surface area (Å²) in [4.78, 5) is 48.0. The quantitative estimate of drug-likeness (QED) is 0.245. The predicted molar refractivity (Wildman–Crippen MR) is 99.5 cm³/mol. The van der Waals surface area contributed by atoms with Gasteiger partial charge in [-0.15, -0.1) is 17.9 Å². The Bertz CT molecular complexity index is 802. The highest BCUT2D eigenvalue weighted by molar-refractivity contribution is 7.13. The molecule has 28 heavy (non-hydrogen) atoms. The number of aliphatic carboxylic acids is 1. The van der Waals surface area contributed by atoms with E-state index in [1.54, 1.807) is 6.82 Å². The van der Waals surface area contributed by atoms with Gasteiger partial charge in [0, 0.05) is 13.1 Å². The number of amides is 3. The van der Waals surface area contributed by atoms with Gasteiger partial charge in [-0.1, -0.05) is 6.08 Å². The molecule has 2 aliphatic heterocycles. The van der Waals surface area contributed by atoms with Gasteiger partial charge in [0.1, 0.15) is 6.04 Å². The van der Waals surface area contributed by atoms with Crippen LogP contribution in [-0.2, 0) is 9.63 Å². The highest BCUT2D eigenvalue weighted by atomic mass is 32.1. The van der Waals surface area contributed by atoms with Crippen molar-refractivity contribution in [2.75, 3.05) is 26.2 Å². The predicted octanol–water partition coefficient (Wildman–Crippen LogP) is -0.392. The van der Waals surface area contributed by atoms with Gasteiger partial charge in [-0.3, -0.25) is 9.63 Å². The van der Waals surface area contributed by atoms with Crippen molar-refractivity contribution in [1.82, 2.24) is 25.5 Å². The zero-order valence-electron chi connectivity index (χ0n) is 15.1. The number of hydrogen-bond donors (Lipinski definition) is 4. The first-order chi connectivity index (χ1) is 13.3. The third kappa shape index (κ3) is 3.74. The molecule has 1 unspecified atom stereocenters. The largest absolute Gasteiger partial charge is 0.479 e. The number of carbonyl (C=O) groups excluding carboxylic acids is 2. The third-order valence-corrected chi connectivity index (χ3v) is 5.42. The van der Waals surface area contributed by atoms with Crippen LogP contribution in [0.5, 0.6) is 0 Å². The lowest BCUT2D eigenvalue weighted by molar-refractivity contribution is -0.142. The lowest BCUT2D eigenvalue weighted by Crippen LogP contribution is -2.39. The topological polar surface area (TPSA) is 144 Å². The number of hydrogen-bond acceptors (Lipinski definition) is 8. The van der Waals surface area contributed by atoms with Crippen molar-refractivity contribution in [2.45, 2.75) is 18.9 Å². The molecule has 0 aromatic carbocycles. The first-order valence-corrected chi connectivity index (χ1v) is 9.43. The van der Waals surface area contributed by atoms with Crippen molar-refractivity contribution in [1.29, 1.82) is 0 Å². The molecule has 3 rings (SSSR count). The Morgan fingerprint density at radius 2 is 2.25 bits per heavy atom. The van der Waals surface area contributed by atoms with E-state index in [1.165, 1.54) is 11.0 Å². The van der Waals surface area contributed by atoms with Gasteiger partial charge in [0.15, 0.2) is 11.0 Å². The summed E-state index contributed by atoms with van der Waals surface area (Å²) in [7, 11) is -0.691. The number of carboxylic acid groups (broad SMARTS) is 1. The number of aromatic nitrogens is 1. The SMILES string of the molecule is C=CCON1C(=O)N2CC1c1sc(C(=O)NCCNB(C)O)nc1[C@H]2C(=O)O. The number of rotatable bonds is 9. The van der Waals surface area contributed by atoms with Gasteiger partial charge in [0.05, 0.1) is 23.7 Å². The van der Waals surface area contributed by atoms with E-state index in [-0.39, 0.29) is 30.4 Å². The Morgan fingerprint density at radius 3 is 2.89 bits per heavy atom. The highest BCUT2D eigenvalue weighted by Gasteiger charge is 2.53. The van der Waals surface area contributed by atoms with E-state index in [0.717, 1.165) is 16.4 Å². The van der Waals surface area contributed by atoms with E-state index in [0.29, 0.717) is 11.4 Å². The van der Waals surface area contributed by atoms with E-state index < -0.39 is 37.0 Å². The summed E-state index contributed by atoms with van der Waals surface area (Å²) < 4.78 is 0. The number of fused-ring (bicyclic) bond motifs is 4. The Labute approximate surface area is 165 Å². The zero-order valence-corrected chi connectivity index (χ0v) is 15.9. The number of nitrogens with zero attached hydrogens (tertiary/aromatic N) is 3. The van der Waals surface area contributed by atoms with Crippen LogP contribution >= 0.6 is 11.3 Å². The summed E-state index contributed by atoms with van der Waals surface area (Å²) in [5.41, 5.74) is 0.180. The maximum absolute atomic E-state index is 12.5. The van der Waals surface area contributed by atoms with Gasteiger partial charge in [0.2, 0.25) is 0 Å². The van der Waals surface area contributed by atoms with Crippen LogP contribution in [-0.4, -0.2) is 76.3 Å². The zero-order chi connectivity index (χ0) is 20.4. The van der Waals surface area contributed by atoms with Crippen molar-refractivity contribution >= 4 is 36.3 Å². The number of thiazole rings is 1. The normalized spacial score (nSPS) is 20.1. The molecule has 2 bridgehead atoms. The van der Waals surface area contributed by atoms with Crippen molar-refractivity contribution in [3.8, 4) is 0 Å². The minimum atomic E-state index is -1.27. The van der Waals surface area contributed by atoms with Crippen molar-refractivity contribution < 1.29 is 29.4 Å². The van der Waals surface area contributed by atoms with Crippen LogP contribution in [0.1, 0.15) is 32.5 Å². The van der Waals surface area contributed by atoms with E-state index in [4.69, 9.17) is 9.86 Å². The molecule has 3 heterocycles. The number of urea groups is 1. The molecule has 3 amide bonds. The third-order valence-electron chi connectivity index (χ3n) is 4.25. The van der Waals surface area contributed by atoms with Crippen LogP contribution < -0.4 is 10.5 Å². The molecular weight excluding hydrogens is 389 g/mol. The first-order valence-electron chi connectivity index (χ1n) is 8.61. The standard InChI is InChI=1S/C15H20BN5O6S/c1-3-6-27-21-8-7-20(15(21)25)10(14(23)24)9-11(8)28-13(19-9)12(22)17-4-5-18-16(2)26/h3,8,10,18,26H,1,4-7H2,2H3,(H,17,22)(H,23,24)/t8?,10-/m0/s1. The van der Waals surface area contributed by atoms with Crippen LogP contribution in [0.15, 0.2) is 12.7 Å². The fourth-order valence-corrected chi connectivity index (χ4v) is 4.17. The average molecular weight is 409 g/mol. The lowest BCUT2D eigenvalue weighted by atomic mass is 9.89. The van der Waals surface area contributed by atoms with Gasteiger partial charge in [-0.05, 0) is 6.82 Å². The monoisotopic (exact) mass is 409 g/mol. The number of carbonyl (C=O) groups is 3. The van der Waals surface area contributed by atoms with Crippen LogP contribution in [0.3, 0.4) is 0 Å². The summed E-state index contributed by atoms with van der Waals surface area (Å²) >= 11 is 1.04. The number of nitrogens with one attached hydrogen (secondary N) is 2. The first kappa shape index (κ1) is 20.3. The summed E-state index contributed by atoms with van der Waals surface area (Å²) in [5, 5.41) is 25.4. The fourth-order valence-electron chi connectivity index (χ4n) is 3.09. The van der Waals surface area contributed by atoms with Crippen molar-refractivity contribution in [3.63, 3.8) is 0 Å². The molecule has 2 atom stereocenters. The Hall–Kier alpha value is -2.48. The molecule has 0 aliphatic carbocycles. The van der Waals surface area contributed by atoms with E-state index in [2.05, 4.69) is 22.1 Å². The molecule has 13 heteroatoms. The van der Waals surface area contributed by atoms with Gasteiger partial charge >= 0.3 is 19.1 Å². The summed E-state index contributed by atoms with van der Waals surface area (Å²) in [6.07, 6.45) is 1.48.